The van der Waals surface area contributed by atoms with Crippen molar-refractivity contribution >= 4 is 5.95 Å². The van der Waals surface area contributed by atoms with E-state index in [9.17, 15) is 0 Å². The molecule has 1 spiro atoms. The number of aromatic nitrogens is 3. The van der Waals surface area contributed by atoms with Crippen LogP contribution < -0.4 is 5.32 Å². The first-order valence-corrected chi connectivity index (χ1v) is 9.03. The molecule has 0 radical (unpaired) electrons. The maximum atomic E-state index is 6.24. The molecule has 2 atom stereocenters. The molecule has 2 fully saturated rings. The van der Waals surface area contributed by atoms with Gasteiger partial charge in [0.1, 0.15) is 0 Å². The molecule has 4 heterocycles. The molecule has 0 saturated carbocycles. The second-order valence-electron chi connectivity index (χ2n) is 7.17. The first-order valence-electron chi connectivity index (χ1n) is 9.03. The van der Waals surface area contributed by atoms with E-state index in [2.05, 4.69) is 37.3 Å². The number of likely N-dealkylation sites (tertiary alicyclic amines) is 1. The number of anilines is 1. The van der Waals surface area contributed by atoms with Crippen molar-refractivity contribution in [3.8, 4) is 0 Å². The lowest BCUT2D eigenvalue weighted by atomic mass is 9.89. The topological polar surface area (TPSA) is 63.2 Å². The molecule has 4 rings (SSSR count). The fourth-order valence-electron chi connectivity index (χ4n) is 3.97. The van der Waals surface area contributed by atoms with E-state index in [1.54, 1.807) is 12.4 Å². The minimum Gasteiger partial charge on any atom is -0.373 e. The standard InChI is InChI=1S/C19H25N5O/c1-15-4-2-5-17(22-15)13-24-10-7-19(14-24)12-16(6-11-25-19)23-18-20-8-3-9-21-18/h2-5,8-9,16H,6-7,10-14H2,1H3,(H,20,21,23)/t16-,19+/m1/s1. The van der Waals surface area contributed by atoms with Gasteiger partial charge in [-0.05, 0) is 44.4 Å². The highest BCUT2D eigenvalue weighted by molar-refractivity contribution is 5.25. The number of nitrogens with zero attached hydrogens (tertiary/aromatic N) is 4. The average molecular weight is 339 g/mol. The van der Waals surface area contributed by atoms with Gasteiger partial charge in [-0.2, -0.15) is 0 Å². The van der Waals surface area contributed by atoms with Crippen molar-refractivity contribution < 1.29 is 4.74 Å². The Labute approximate surface area is 148 Å². The molecule has 0 unspecified atom stereocenters. The third-order valence-corrected chi connectivity index (χ3v) is 5.12. The van der Waals surface area contributed by atoms with Crippen LogP contribution in [0.3, 0.4) is 0 Å². The van der Waals surface area contributed by atoms with Crippen LogP contribution in [0.25, 0.3) is 0 Å². The summed E-state index contributed by atoms with van der Waals surface area (Å²) in [6.07, 6.45) is 6.63. The minimum atomic E-state index is -0.0471. The molecule has 0 aromatic carbocycles. The molecule has 0 aliphatic carbocycles. The summed E-state index contributed by atoms with van der Waals surface area (Å²) in [6, 6.07) is 8.44. The Kier molecular flexibility index (Phi) is 4.63. The molecule has 2 saturated heterocycles. The van der Waals surface area contributed by atoms with Crippen molar-refractivity contribution in [3.63, 3.8) is 0 Å². The first kappa shape index (κ1) is 16.4. The van der Waals surface area contributed by atoms with Gasteiger partial charge in [0, 0.05) is 50.4 Å². The van der Waals surface area contributed by atoms with Gasteiger partial charge in [-0.25, -0.2) is 9.97 Å². The maximum absolute atomic E-state index is 6.24. The number of pyridine rings is 1. The zero-order valence-corrected chi connectivity index (χ0v) is 14.7. The summed E-state index contributed by atoms with van der Waals surface area (Å²) in [4.78, 5) is 15.7. The Balaban J connectivity index is 1.37. The van der Waals surface area contributed by atoms with Crippen LogP contribution in [0, 0.1) is 6.92 Å². The van der Waals surface area contributed by atoms with Crippen LogP contribution in [0.4, 0.5) is 5.95 Å². The van der Waals surface area contributed by atoms with Crippen molar-refractivity contribution in [3.05, 3.63) is 48.0 Å². The van der Waals surface area contributed by atoms with E-state index < -0.39 is 0 Å². The Morgan fingerprint density at radius 2 is 2.16 bits per heavy atom. The molecule has 132 valence electrons. The second-order valence-corrected chi connectivity index (χ2v) is 7.17. The summed E-state index contributed by atoms with van der Waals surface area (Å²) in [5.41, 5.74) is 2.17. The SMILES string of the molecule is Cc1cccc(CN2CC[C@]3(C[C@H](Nc4ncccn4)CCO3)C2)n1. The lowest BCUT2D eigenvalue weighted by Crippen LogP contribution is -2.46. The van der Waals surface area contributed by atoms with Crippen molar-refractivity contribution in [1.82, 2.24) is 19.9 Å². The van der Waals surface area contributed by atoms with Crippen LogP contribution in [0.15, 0.2) is 36.7 Å². The molecule has 6 heteroatoms. The zero-order chi connectivity index (χ0) is 17.1. The Hall–Kier alpha value is -2.05. The van der Waals surface area contributed by atoms with Gasteiger partial charge in [-0.15, -0.1) is 0 Å². The number of hydrogen-bond acceptors (Lipinski definition) is 6. The minimum absolute atomic E-state index is 0.0471. The van der Waals surface area contributed by atoms with E-state index in [4.69, 9.17) is 4.74 Å². The monoisotopic (exact) mass is 339 g/mol. The number of rotatable bonds is 4. The molecule has 0 bridgehead atoms. The van der Waals surface area contributed by atoms with Gasteiger partial charge in [0.15, 0.2) is 0 Å². The van der Waals surface area contributed by atoms with Gasteiger partial charge < -0.3 is 10.1 Å². The average Bonchev–Trinajstić information content (AvgIpc) is 2.97. The molecule has 0 amide bonds. The van der Waals surface area contributed by atoms with Crippen molar-refractivity contribution in [2.75, 3.05) is 25.0 Å². The molecule has 25 heavy (non-hydrogen) atoms. The first-order chi connectivity index (χ1) is 12.2. The van der Waals surface area contributed by atoms with Crippen LogP contribution in [0.1, 0.15) is 30.7 Å². The number of nitrogens with one attached hydrogen (secondary N) is 1. The second kappa shape index (κ2) is 7.06. The van der Waals surface area contributed by atoms with Crippen LogP contribution >= 0.6 is 0 Å². The molecular weight excluding hydrogens is 314 g/mol. The van der Waals surface area contributed by atoms with Gasteiger partial charge in [0.25, 0.3) is 0 Å². The number of ether oxygens (including phenoxy) is 1. The van der Waals surface area contributed by atoms with Crippen LogP contribution in [0.2, 0.25) is 0 Å². The van der Waals surface area contributed by atoms with Crippen molar-refractivity contribution in [2.24, 2.45) is 0 Å². The van der Waals surface area contributed by atoms with E-state index in [1.807, 2.05) is 19.1 Å². The summed E-state index contributed by atoms with van der Waals surface area (Å²) in [7, 11) is 0. The third-order valence-electron chi connectivity index (χ3n) is 5.12. The van der Waals surface area contributed by atoms with E-state index >= 15 is 0 Å². The lowest BCUT2D eigenvalue weighted by Gasteiger charge is -2.38. The Morgan fingerprint density at radius 1 is 1.28 bits per heavy atom. The van der Waals surface area contributed by atoms with Crippen molar-refractivity contribution in [2.45, 2.75) is 44.4 Å². The molecule has 6 nitrogen and oxygen atoms in total. The number of hydrogen-bond donors (Lipinski definition) is 1. The largest absolute Gasteiger partial charge is 0.373 e. The molecule has 2 aliphatic rings. The van der Waals surface area contributed by atoms with Gasteiger partial charge in [-0.1, -0.05) is 6.07 Å². The summed E-state index contributed by atoms with van der Waals surface area (Å²) in [6.45, 7) is 5.76. The normalized spacial score (nSPS) is 26.8. The molecule has 2 aromatic heterocycles. The smallest absolute Gasteiger partial charge is 0.222 e. The van der Waals surface area contributed by atoms with Crippen molar-refractivity contribution in [1.29, 1.82) is 0 Å². The molecular formula is C19H25N5O. The Morgan fingerprint density at radius 3 is 3.00 bits per heavy atom. The highest BCUT2D eigenvalue weighted by atomic mass is 16.5. The summed E-state index contributed by atoms with van der Waals surface area (Å²) < 4.78 is 6.24. The highest BCUT2D eigenvalue weighted by Gasteiger charge is 2.43. The molecule has 1 N–H and O–H groups in total. The summed E-state index contributed by atoms with van der Waals surface area (Å²) in [5.74, 6) is 0.711. The van der Waals surface area contributed by atoms with Gasteiger partial charge >= 0.3 is 0 Å². The zero-order valence-electron chi connectivity index (χ0n) is 14.7. The highest BCUT2D eigenvalue weighted by Crippen LogP contribution is 2.35. The summed E-state index contributed by atoms with van der Waals surface area (Å²) >= 11 is 0. The molecule has 2 aliphatic heterocycles. The fraction of sp³-hybridized carbons (Fsp3) is 0.526. The van der Waals surface area contributed by atoms with E-state index in [0.717, 1.165) is 56.9 Å². The Bertz CT molecular complexity index is 710. The van der Waals surface area contributed by atoms with E-state index in [1.165, 1.54) is 0 Å². The van der Waals surface area contributed by atoms with Gasteiger partial charge in [0.2, 0.25) is 5.95 Å². The van der Waals surface area contributed by atoms with Crippen LogP contribution in [0.5, 0.6) is 0 Å². The fourth-order valence-corrected chi connectivity index (χ4v) is 3.97. The van der Waals surface area contributed by atoms with Gasteiger partial charge in [0.05, 0.1) is 11.3 Å². The maximum Gasteiger partial charge on any atom is 0.222 e. The molecule has 2 aromatic rings. The lowest BCUT2D eigenvalue weighted by molar-refractivity contribution is -0.0738. The summed E-state index contributed by atoms with van der Waals surface area (Å²) in [5, 5.41) is 3.47. The van der Waals surface area contributed by atoms with E-state index in [-0.39, 0.29) is 5.60 Å². The third kappa shape index (κ3) is 3.96. The predicted octanol–water partition coefficient (Wildman–Crippen LogP) is 2.42. The quantitative estimate of drug-likeness (QED) is 0.923. The van der Waals surface area contributed by atoms with Gasteiger partial charge in [-0.3, -0.25) is 9.88 Å². The van der Waals surface area contributed by atoms with Crippen LogP contribution in [-0.2, 0) is 11.3 Å². The van der Waals surface area contributed by atoms with E-state index in [0.29, 0.717) is 12.0 Å². The predicted molar refractivity (Wildman–Crippen MR) is 96.2 cm³/mol. The number of aryl methyl sites for hydroxylation is 1. The van der Waals surface area contributed by atoms with Crippen LogP contribution in [-0.4, -0.2) is 51.2 Å².